The van der Waals surface area contributed by atoms with Crippen molar-refractivity contribution >= 4 is 30.7 Å². The molecule has 0 spiro atoms. The maximum absolute atomic E-state index is 11.6. The molecule has 1 aliphatic rings. The van der Waals surface area contributed by atoms with Crippen molar-refractivity contribution in [1.82, 2.24) is 19.7 Å². The van der Waals surface area contributed by atoms with Crippen molar-refractivity contribution in [1.29, 1.82) is 0 Å². The van der Waals surface area contributed by atoms with Crippen molar-refractivity contribution in [2.24, 2.45) is 0 Å². The van der Waals surface area contributed by atoms with Crippen LogP contribution in [0.1, 0.15) is 6.92 Å². The molecule has 3 heterocycles. The number of hydrogen-bond donors (Lipinski definition) is 0. The fourth-order valence-electron chi connectivity index (χ4n) is 4.62. The predicted octanol–water partition coefficient (Wildman–Crippen LogP) is 5.87. The Labute approximate surface area is 231 Å². The van der Waals surface area contributed by atoms with Crippen molar-refractivity contribution in [3.8, 4) is 22.8 Å². The van der Waals surface area contributed by atoms with Crippen molar-refractivity contribution < 1.29 is 14.3 Å². The van der Waals surface area contributed by atoms with Crippen LogP contribution in [0.3, 0.4) is 0 Å². The summed E-state index contributed by atoms with van der Waals surface area (Å²) in [7, 11) is -1.11. The molecule has 9 heteroatoms. The number of carbonyl (C=O) groups excluding carboxylic acids is 1. The highest BCUT2D eigenvalue weighted by molar-refractivity contribution is 6.76. The summed E-state index contributed by atoms with van der Waals surface area (Å²) in [6.45, 7) is 13.0. The number of hydrogen-bond acceptors (Lipinski definition) is 6. The molecule has 2 aromatic carbocycles. The molecule has 204 valence electrons. The van der Waals surface area contributed by atoms with Crippen LogP contribution in [-0.2, 0) is 16.3 Å². The maximum Gasteiger partial charge on any atom is 0.219 e. The van der Waals surface area contributed by atoms with Crippen LogP contribution in [0.25, 0.3) is 22.2 Å². The van der Waals surface area contributed by atoms with Crippen molar-refractivity contribution in [3.63, 3.8) is 0 Å². The number of nitrogens with zero attached hydrogens (tertiary/aromatic N) is 5. The quantitative estimate of drug-likeness (QED) is 0.194. The third kappa shape index (κ3) is 6.85. The third-order valence-corrected chi connectivity index (χ3v) is 8.71. The highest BCUT2D eigenvalue weighted by atomic mass is 28.3. The molecule has 0 aliphatic carbocycles. The van der Waals surface area contributed by atoms with Gasteiger partial charge in [-0.15, -0.1) is 0 Å². The second kappa shape index (κ2) is 11.6. The Bertz CT molecular complexity index is 1420. The molecule has 2 aromatic heterocycles. The van der Waals surface area contributed by atoms with Gasteiger partial charge in [-0.1, -0.05) is 19.6 Å². The zero-order chi connectivity index (χ0) is 27.4. The van der Waals surface area contributed by atoms with E-state index in [1.807, 2.05) is 70.4 Å². The second-order valence-corrected chi connectivity index (χ2v) is 16.8. The first-order valence-corrected chi connectivity index (χ1v) is 17.2. The zero-order valence-electron chi connectivity index (χ0n) is 23.3. The lowest BCUT2D eigenvalue weighted by atomic mass is 10.1. The van der Waals surface area contributed by atoms with Crippen LogP contribution < -0.4 is 9.64 Å². The summed E-state index contributed by atoms with van der Waals surface area (Å²) >= 11 is 0. The van der Waals surface area contributed by atoms with Gasteiger partial charge < -0.3 is 19.3 Å². The Balaban J connectivity index is 1.21. The average Bonchev–Trinajstić information content (AvgIpc) is 3.39. The molecule has 1 aliphatic heterocycles. The van der Waals surface area contributed by atoms with Gasteiger partial charge in [-0.05, 0) is 66.7 Å². The standard InChI is InChI=1S/C30H37N5O3Si/c1-23(36)33-15-17-34(18-16-33)30-12-7-25-21-27(10-11-28(25)32-30)38-26-8-5-24(6-9-26)29-13-14-31-35(29)22-37-19-20-39(2,3)4/h5-14,21H,15-20,22H2,1-4H3. The molecule has 0 bridgehead atoms. The molecule has 0 radical (unpaired) electrons. The van der Waals surface area contributed by atoms with Gasteiger partial charge in [-0.2, -0.15) is 5.10 Å². The number of amides is 1. The number of piperazine rings is 1. The molecular formula is C30H37N5O3Si. The smallest absolute Gasteiger partial charge is 0.219 e. The largest absolute Gasteiger partial charge is 0.457 e. The predicted molar refractivity (Wildman–Crippen MR) is 158 cm³/mol. The zero-order valence-corrected chi connectivity index (χ0v) is 24.3. The van der Waals surface area contributed by atoms with Crippen LogP contribution in [0.5, 0.6) is 11.5 Å². The van der Waals surface area contributed by atoms with E-state index in [1.165, 1.54) is 0 Å². The minimum Gasteiger partial charge on any atom is -0.457 e. The van der Waals surface area contributed by atoms with Crippen molar-refractivity contribution in [2.45, 2.75) is 39.3 Å². The van der Waals surface area contributed by atoms with Gasteiger partial charge in [-0.25, -0.2) is 9.67 Å². The van der Waals surface area contributed by atoms with Crippen LogP contribution in [0, 0.1) is 0 Å². The van der Waals surface area contributed by atoms with Crippen molar-refractivity contribution in [2.75, 3.05) is 37.7 Å². The summed E-state index contributed by atoms with van der Waals surface area (Å²) in [6, 6.07) is 21.3. The van der Waals surface area contributed by atoms with Gasteiger partial charge in [-0.3, -0.25) is 4.79 Å². The van der Waals surface area contributed by atoms with E-state index in [4.69, 9.17) is 14.5 Å². The van der Waals surface area contributed by atoms with E-state index < -0.39 is 8.07 Å². The lowest BCUT2D eigenvalue weighted by Crippen LogP contribution is -2.48. The summed E-state index contributed by atoms with van der Waals surface area (Å²) in [5, 5.41) is 5.46. The molecular weight excluding hydrogens is 506 g/mol. The minimum absolute atomic E-state index is 0.132. The molecule has 0 unspecified atom stereocenters. The number of pyridine rings is 1. The molecule has 8 nitrogen and oxygen atoms in total. The van der Waals surface area contributed by atoms with E-state index in [9.17, 15) is 4.79 Å². The van der Waals surface area contributed by atoms with Gasteiger partial charge in [0.15, 0.2) is 0 Å². The Hall–Kier alpha value is -3.69. The van der Waals surface area contributed by atoms with Gasteiger partial charge in [0, 0.05) is 64.9 Å². The topological polar surface area (TPSA) is 72.7 Å². The first-order valence-electron chi connectivity index (χ1n) is 13.5. The van der Waals surface area contributed by atoms with Crippen LogP contribution in [-0.4, -0.2) is 66.4 Å². The van der Waals surface area contributed by atoms with E-state index >= 15 is 0 Å². The molecule has 1 fully saturated rings. The molecule has 0 atom stereocenters. The lowest BCUT2D eigenvalue weighted by molar-refractivity contribution is -0.129. The molecule has 39 heavy (non-hydrogen) atoms. The van der Waals surface area contributed by atoms with Gasteiger partial charge >= 0.3 is 0 Å². The molecule has 4 aromatic rings. The molecule has 5 rings (SSSR count). The van der Waals surface area contributed by atoms with E-state index in [0.29, 0.717) is 6.73 Å². The maximum atomic E-state index is 11.6. The minimum atomic E-state index is -1.11. The number of aromatic nitrogens is 3. The summed E-state index contributed by atoms with van der Waals surface area (Å²) in [5.74, 6) is 2.60. The van der Waals surface area contributed by atoms with E-state index in [-0.39, 0.29) is 5.91 Å². The van der Waals surface area contributed by atoms with Gasteiger partial charge in [0.1, 0.15) is 24.0 Å². The number of carbonyl (C=O) groups is 1. The molecule has 0 N–H and O–H groups in total. The van der Waals surface area contributed by atoms with Crippen LogP contribution >= 0.6 is 0 Å². The van der Waals surface area contributed by atoms with Crippen LogP contribution in [0.4, 0.5) is 5.82 Å². The summed E-state index contributed by atoms with van der Waals surface area (Å²) < 4.78 is 14.0. The Morgan fingerprint density at radius 3 is 2.38 bits per heavy atom. The summed E-state index contributed by atoms with van der Waals surface area (Å²) in [4.78, 5) is 20.6. The van der Waals surface area contributed by atoms with Crippen LogP contribution in [0.15, 0.2) is 66.9 Å². The lowest BCUT2D eigenvalue weighted by Gasteiger charge is -2.35. The second-order valence-electron chi connectivity index (χ2n) is 11.2. The van der Waals surface area contributed by atoms with E-state index in [1.54, 1.807) is 6.92 Å². The Morgan fingerprint density at radius 1 is 0.923 bits per heavy atom. The summed E-state index contributed by atoms with van der Waals surface area (Å²) in [5.41, 5.74) is 3.00. The number of ether oxygens (including phenoxy) is 2. The molecule has 1 saturated heterocycles. The fraction of sp³-hybridized carbons (Fsp3) is 0.367. The number of rotatable bonds is 9. The van der Waals surface area contributed by atoms with Gasteiger partial charge in [0.2, 0.25) is 5.91 Å². The summed E-state index contributed by atoms with van der Waals surface area (Å²) in [6.07, 6.45) is 1.81. The third-order valence-electron chi connectivity index (χ3n) is 7.01. The highest BCUT2D eigenvalue weighted by Gasteiger charge is 2.20. The van der Waals surface area contributed by atoms with Crippen LogP contribution in [0.2, 0.25) is 25.7 Å². The number of anilines is 1. The fourth-order valence-corrected chi connectivity index (χ4v) is 5.38. The Kier molecular flexibility index (Phi) is 7.99. The average molecular weight is 544 g/mol. The molecule has 0 saturated carbocycles. The van der Waals surface area contributed by atoms with E-state index in [0.717, 1.165) is 78.3 Å². The van der Waals surface area contributed by atoms with Gasteiger partial charge in [0.05, 0.1) is 11.2 Å². The monoisotopic (exact) mass is 543 g/mol. The number of fused-ring (bicyclic) bond motifs is 1. The Morgan fingerprint density at radius 2 is 1.67 bits per heavy atom. The van der Waals surface area contributed by atoms with Crippen molar-refractivity contribution in [3.05, 3.63) is 66.9 Å². The first kappa shape index (κ1) is 26.9. The highest BCUT2D eigenvalue weighted by Crippen LogP contribution is 2.29. The van der Waals surface area contributed by atoms with Gasteiger partial charge in [0.25, 0.3) is 0 Å². The number of benzene rings is 2. The molecule has 1 amide bonds. The van der Waals surface area contributed by atoms with E-state index in [2.05, 4.69) is 35.7 Å². The SMILES string of the molecule is CC(=O)N1CCN(c2ccc3cc(Oc4ccc(-c5ccnn5COCC[Si](C)(C)C)cc4)ccc3n2)CC1. The first-order chi connectivity index (χ1) is 18.7. The normalized spacial score (nSPS) is 14.2.